The fraction of sp³-hybridized carbons (Fsp3) is 0.579. The van der Waals surface area contributed by atoms with Gasteiger partial charge in [-0.1, -0.05) is 58.3 Å². The smallest absolute Gasteiger partial charge is 0.0632 e. The van der Waals surface area contributed by atoms with Crippen LogP contribution in [-0.2, 0) is 6.42 Å². The molecule has 3 heterocycles. The van der Waals surface area contributed by atoms with Crippen LogP contribution in [0.1, 0.15) is 70.3 Å². The summed E-state index contributed by atoms with van der Waals surface area (Å²) in [6, 6.07) is 2.28. The molecule has 0 bridgehead atoms. The lowest BCUT2D eigenvalue weighted by molar-refractivity contribution is 0.565. The third kappa shape index (κ3) is 3.93. The number of hydrogen-bond donors (Lipinski definition) is 0. The summed E-state index contributed by atoms with van der Waals surface area (Å²) in [4.78, 5) is 0. The van der Waals surface area contributed by atoms with Crippen LogP contribution in [0.25, 0.3) is 18.8 Å². The summed E-state index contributed by atoms with van der Waals surface area (Å²) >= 11 is 5.86. The minimum absolute atomic E-state index is 1.28. The lowest BCUT2D eigenvalue weighted by atomic mass is 10.1. The van der Waals surface area contributed by atoms with E-state index in [2.05, 4.69) is 23.8 Å². The van der Waals surface area contributed by atoms with Crippen molar-refractivity contribution in [1.82, 2.24) is 0 Å². The van der Waals surface area contributed by atoms with E-state index in [1.807, 2.05) is 34.0 Å². The largest absolute Gasteiger partial charge is 0.141 e. The molecule has 120 valence electrons. The third-order valence-electron chi connectivity index (χ3n) is 4.41. The molecule has 22 heavy (non-hydrogen) atoms. The molecule has 0 atom stereocenters. The molecule has 3 aromatic rings. The maximum absolute atomic E-state index is 2.41. The molecular weight excluding hydrogens is 324 g/mol. The minimum Gasteiger partial charge on any atom is -0.141 e. The quantitative estimate of drug-likeness (QED) is 0.323. The Morgan fingerprint density at radius 3 is 2.27 bits per heavy atom. The van der Waals surface area contributed by atoms with Gasteiger partial charge in [0, 0.05) is 4.70 Å². The Morgan fingerprint density at radius 1 is 0.773 bits per heavy atom. The summed E-state index contributed by atoms with van der Waals surface area (Å²) in [6.45, 7) is 2.29. The second-order valence-corrected chi connectivity index (χ2v) is 9.06. The third-order valence-corrected chi connectivity index (χ3v) is 8.01. The van der Waals surface area contributed by atoms with Crippen molar-refractivity contribution < 1.29 is 0 Å². The van der Waals surface area contributed by atoms with E-state index >= 15 is 0 Å². The van der Waals surface area contributed by atoms with Crippen LogP contribution in [0, 0.1) is 0 Å². The first-order valence-corrected chi connectivity index (χ1v) is 11.3. The molecule has 3 rings (SSSR count). The fourth-order valence-corrected chi connectivity index (χ4v) is 6.94. The van der Waals surface area contributed by atoms with Crippen molar-refractivity contribution in [3.8, 4) is 0 Å². The molecular formula is C19H26S3. The lowest BCUT2D eigenvalue weighted by Crippen LogP contribution is -1.84. The Bertz CT molecular complexity index is 686. The van der Waals surface area contributed by atoms with Gasteiger partial charge in [-0.05, 0) is 35.2 Å². The molecule has 3 heteroatoms. The Hall–Kier alpha value is -0.380. The van der Waals surface area contributed by atoms with Crippen LogP contribution in [-0.4, -0.2) is 0 Å². The van der Waals surface area contributed by atoms with Crippen molar-refractivity contribution in [1.29, 1.82) is 0 Å². The number of aryl methyl sites for hydroxylation is 1. The highest BCUT2D eigenvalue weighted by Crippen LogP contribution is 2.43. The van der Waals surface area contributed by atoms with Crippen LogP contribution in [0.2, 0.25) is 0 Å². The number of hydrogen-bond acceptors (Lipinski definition) is 3. The van der Waals surface area contributed by atoms with Crippen molar-refractivity contribution in [2.24, 2.45) is 0 Å². The van der Waals surface area contributed by atoms with Crippen LogP contribution in [0.4, 0.5) is 0 Å². The van der Waals surface area contributed by atoms with Gasteiger partial charge in [0.2, 0.25) is 0 Å². The van der Waals surface area contributed by atoms with Crippen molar-refractivity contribution in [2.45, 2.75) is 71.1 Å². The summed E-state index contributed by atoms with van der Waals surface area (Å²) in [7, 11) is 0. The highest BCUT2D eigenvalue weighted by atomic mass is 32.1. The molecule has 0 saturated carbocycles. The van der Waals surface area contributed by atoms with Gasteiger partial charge in [0.05, 0.1) is 14.1 Å². The van der Waals surface area contributed by atoms with E-state index < -0.39 is 0 Å². The fourth-order valence-electron chi connectivity index (χ4n) is 3.10. The van der Waals surface area contributed by atoms with Gasteiger partial charge in [-0.2, -0.15) is 0 Å². The first-order chi connectivity index (χ1) is 10.9. The molecule has 0 aliphatic heterocycles. The normalized spacial score (nSPS) is 11.9. The van der Waals surface area contributed by atoms with Crippen molar-refractivity contribution >= 4 is 52.8 Å². The van der Waals surface area contributed by atoms with Crippen molar-refractivity contribution in [3.05, 3.63) is 22.4 Å². The molecule has 0 nitrogen and oxygen atoms in total. The summed E-state index contributed by atoms with van der Waals surface area (Å²) in [5.74, 6) is 0. The Balaban J connectivity index is 1.39. The van der Waals surface area contributed by atoms with Crippen LogP contribution in [0.5, 0.6) is 0 Å². The van der Waals surface area contributed by atoms with E-state index in [4.69, 9.17) is 0 Å². The molecule has 0 aromatic carbocycles. The maximum Gasteiger partial charge on any atom is 0.0632 e. The zero-order valence-electron chi connectivity index (χ0n) is 13.5. The molecule has 0 unspecified atom stereocenters. The van der Waals surface area contributed by atoms with E-state index in [-0.39, 0.29) is 0 Å². The van der Waals surface area contributed by atoms with E-state index in [1.165, 1.54) is 73.6 Å². The molecule has 0 aliphatic rings. The highest BCUT2D eigenvalue weighted by molar-refractivity contribution is 7.37. The molecule has 0 fully saturated rings. The average Bonchev–Trinajstić information content (AvgIpc) is 3.18. The van der Waals surface area contributed by atoms with Gasteiger partial charge in [0.25, 0.3) is 0 Å². The predicted molar refractivity (Wildman–Crippen MR) is 106 cm³/mol. The second-order valence-electron chi connectivity index (χ2n) is 6.21. The number of thiophene rings is 3. The van der Waals surface area contributed by atoms with Gasteiger partial charge < -0.3 is 0 Å². The first kappa shape index (κ1) is 16.5. The van der Waals surface area contributed by atoms with E-state index in [0.717, 1.165) is 0 Å². The second kappa shape index (κ2) is 8.47. The summed E-state index contributed by atoms with van der Waals surface area (Å²) < 4.78 is 6.12. The van der Waals surface area contributed by atoms with Gasteiger partial charge in [0.1, 0.15) is 0 Å². The van der Waals surface area contributed by atoms with Gasteiger partial charge in [-0.15, -0.1) is 34.0 Å². The molecule has 0 spiro atoms. The first-order valence-electron chi connectivity index (χ1n) is 8.76. The van der Waals surface area contributed by atoms with Crippen LogP contribution < -0.4 is 0 Å². The Morgan fingerprint density at radius 2 is 1.50 bits per heavy atom. The van der Waals surface area contributed by atoms with Gasteiger partial charge in [-0.25, -0.2) is 0 Å². The number of rotatable bonds is 10. The summed E-state index contributed by atoms with van der Waals surface area (Å²) in [6.07, 6.45) is 14.0. The lowest BCUT2D eigenvalue weighted by Gasteiger charge is -2.01. The monoisotopic (exact) mass is 350 g/mol. The topological polar surface area (TPSA) is 0 Å². The molecule has 0 N–H and O–H groups in total. The predicted octanol–water partition coefficient (Wildman–Crippen LogP) is 8.25. The minimum atomic E-state index is 1.28. The SMILES string of the molecule is CCCCCCCCCCCc1csc2c1sc1ccsc12. The van der Waals surface area contributed by atoms with Gasteiger partial charge >= 0.3 is 0 Å². The molecule has 0 radical (unpaired) electrons. The Labute approximate surface area is 146 Å². The molecule has 3 aromatic heterocycles. The van der Waals surface area contributed by atoms with Crippen LogP contribution in [0.15, 0.2) is 16.8 Å². The standard InChI is InChI=1S/C19H26S3/c1-2-3-4-5-6-7-8-9-10-11-15-14-21-19-17(15)22-16-12-13-20-18(16)19/h12-14H,2-11H2,1H3. The van der Waals surface area contributed by atoms with Crippen LogP contribution in [0.3, 0.4) is 0 Å². The molecule has 0 aliphatic carbocycles. The van der Waals surface area contributed by atoms with E-state index in [0.29, 0.717) is 0 Å². The highest BCUT2D eigenvalue weighted by Gasteiger charge is 2.11. The summed E-state index contributed by atoms with van der Waals surface area (Å²) in [5, 5.41) is 4.63. The van der Waals surface area contributed by atoms with Gasteiger partial charge in [0.15, 0.2) is 0 Å². The van der Waals surface area contributed by atoms with Crippen LogP contribution >= 0.6 is 34.0 Å². The maximum atomic E-state index is 2.41. The summed E-state index contributed by atoms with van der Waals surface area (Å²) in [5.41, 5.74) is 1.61. The Kier molecular flexibility index (Phi) is 6.34. The molecule has 0 amide bonds. The van der Waals surface area contributed by atoms with E-state index in [1.54, 1.807) is 15.0 Å². The van der Waals surface area contributed by atoms with Crippen molar-refractivity contribution in [2.75, 3.05) is 0 Å². The number of unbranched alkanes of at least 4 members (excludes halogenated alkanes) is 8. The van der Waals surface area contributed by atoms with Gasteiger partial charge in [-0.3, -0.25) is 0 Å². The van der Waals surface area contributed by atoms with E-state index in [9.17, 15) is 0 Å². The molecule has 0 saturated heterocycles. The average molecular weight is 351 g/mol. The van der Waals surface area contributed by atoms with Crippen molar-refractivity contribution in [3.63, 3.8) is 0 Å². The zero-order valence-corrected chi connectivity index (χ0v) is 16.0. The number of fused-ring (bicyclic) bond motifs is 3. The zero-order chi connectivity index (χ0) is 15.2.